The van der Waals surface area contributed by atoms with Gasteiger partial charge in [-0.05, 0) is 48.7 Å². The number of ether oxygens (including phenoxy) is 1. The van der Waals surface area contributed by atoms with E-state index in [2.05, 4.69) is 29.5 Å². The van der Waals surface area contributed by atoms with E-state index in [1.54, 1.807) is 18.2 Å². The second-order valence-corrected chi connectivity index (χ2v) is 9.62. The topological polar surface area (TPSA) is 77.2 Å². The smallest absolute Gasteiger partial charge is 0.471 e. The zero-order valence-electron chi connectivity index (χ0n) is 19.8. The van der Waals surface area contributed by atoms with Crippen molar-refractivity contribution in [1.29, 1.82) is 0 Å². The first kappa shape index (κ1) is 26.3. The van der Waals surface area contributed by atoms with E-state index in [0.29, 0.717) is 40.7 Å². The number of rotatable bonds is 6. The van der Waals surface area contributed by atoms with Gasteiger partial charge in [0.15, 0.2) is 0 Å². The van der Waals surface area contributed by atoms with Crippen LogP contribution < -0.4 is 4.74 Å². The molecule has 3 aromatic heterocycles. The fourth-order valence-corrected chi connectivity index (χ4v) is 4.44. The van der Waals surface area contributed by atoms with E-state index in [1.165, 1.54) is 12.3 Å². The molecule has 0 atom stereocenters. The highest BCUT2D eigenvalue weighted by Crippen LogP contribution is 2.31. The third-order valence-electron chi connectivity index (χ3n) is 6.05. The molecule has 7 nitrogen and oxygen atoms in total. The first-order chi connectivity index (χ1) is 18.1. The van der Waals surface area contributed by atoms with Crippen molar-refractivity contribution in [1.82, 2.24) is 25.0 Å². The Bertz CT molecular complexity index is 1500. The number of hydrogen-bond donors (Lipinski definition) is 0. The molecule has 0 saturated heterocycles. The van der Waals surface area contributed by atoms with Gasteiger partial charge in [0.1, 0.15) is 17.4 Å². The van der Waals surface area contributed by atoms with Gasteiger partial charge < -0.3 is 9.26 Å². The second-order valence-electron chi connectivity index (χ2n) is 8.77. The Morgan fingerprint density at radius 2 is 1.95 bits per heavy atom. The maximum Gasteiger partial charge on any atom is 0.471 e. The molecule has 0 unspecified atom stereocenters. The Hall–Kier alpha value is -3.28. The highest BCUT2D eigenvalue weighted by atomic mass is 35.5. The van der Waals surface area contributed by atoms with E-state index < -0.39 is 17.9 Å². The molecule has 5 rings (SSSR count). The van der Waals surface area contributed by atoms with Crippen molar-refractivity contribution in [3.63, 3.8) is 0 Å². The van der Waals surface area contributed by atoms with Gasteiger partial charge >= 0.3 is 12.1 Å². The van der Waals surface area contributed by atoms with Gasteiger partial charge in [-0.3, -0.25) is 9.88 Å². The Morgan fingerprint density at radius 3 is 2.66 bits per heavy atom. The van der Waals surface area contributed by atoms with Crippen LogP contribution in [-0.2, 0) is 32.3 Å². The van der Waals surface area contributed by atoms with Crippen molar-refractivity contribution in [3.8, 4) is 17.3 Å². The number of hydrogen-bond acceptors (Lipinski definition) is 7. The van der Waals surface area contributed by atoms with Crippen molar-refractivity contribution in [3.05, 3.63) is 86.4 Å². The Labute approximate surface area is 224 Å². The van der Waals surface area contributed by atoms with Gasteiger partial charge in [-0.25, -0.2) is 9.37 Å². The number of halogens is 6. The zero-order chi connectivity index (χ0) is 27.0. The predicted octanol–water partition coefficient (Wildman–Crippen LogP) is 6.44. The quantitative estimate of drug-likeness (QED) is 0.248. The van der Waals surface area contributed by atoms with E-state index in [1.807, 2.05) is 13.0 Å². The molecule has 13 heteroatoms. The minimum absolute atomic E-state index is 0.0570. The van der Waals surface area contributed by atoms with Gasteiger partial charge in [0, 0.05) is 42.0 Å². The summed E-state index contributed by atoms with van der Waals surface area (Å²) in [6, 6.07) is 7.82. The molecule has 0 radical (unpaired) electrons. The van der Waals surface area contributed by atoms with Crippen molar-refractivity contribution < 1.29 is 26.8 Å². The minimum Gasteiger partial charge on any atom is -0.472 e. The summed E-state index contributed by atoms with van der Waals surface area (Å²) in [5.41, 5.74) is 3.95. The van der Waals surface area contributed by atoms with Gasteiger partial charge in [0.05, 0.1) is 11.4 Å². The normalized spacial score (nSPS) is 14.0. The molecule has 0 bridgehead atoms. The Morgan fingerprint density at radius 1 is 1.13 bits per heavy atom. The Balaban J connectivity index is 1.27. The van der Waals surface area contributed by atoms with Crippen molar-refractivity contribution >= 4 is 23.2 Å². The van der Waals surface area contributed by atoms with Gasteiger partial charge in [0.2, 0.25) is 11.7 Å². The summed E-state index contributed by atoms with van der Waals surface area (Å²) in [7, 11) is 0. The van der Waals surface area contributed by atoms with E-state index in [4.69, 9.17) is 27.9 Å². The summed E-state index contributed by atoms with van der Waals surface area (Å²) in [5.74, 6) is -1.86. The molecule has 0 aliphatic carbocycles. The summed E-state index contributed by atoms with van der Waals surface area (Å²) in [4.78, 5) is 14.6. The molecule has 0 N–H and O–H groups in total. The van der Waals surface area contributed by atoms with Crippen LogP contribution in [0.1, 0.15) is 34.0 Å². The molecular weight excluding hydrogens is 549 g/mol. The lowest BCUT2D eigenvalue weighted by atomic mass is 10.0. The molecule has 1 aliphatic heterocycles. The molecule has 0 saturated carbocycles. The summed E-state index contributed by atoms with van der Waals surface area (Å²) in [6.07, 6.45) is -2.59. The molecule has 1 aromatic carbocycles. The predicted molar refractivity (Wildman–Crippen MR) is 130 cm³/mol. The van der Waals surface area contributed by atoms with Crippen LogP contribution in [-0.4, -0.2) is 31.6 Å². The van der Waals surface area contributed by atoms with Crippen LogP contribution in [0.5, 0.6) is 5.88 Å². The largest absolute Gasteiger partial charge is 0.472 e. The molecule has 0 spiro atoms. The molecule has 4 aromatic rings. The number of fused-ring (bicyclic) bond motifs is 1. The van der Waals surface area contributed by atoms with Crippen LogP contribution in [0, 0.1) is 12.7 Å². The van der Waals surface area contributed by atoms with Gasteiger partial charge in [-0.15, -0.1) is 0 Å². The SMILES string of the molecule is Cc1cc(-c2noc(C(F)(F)F)n2)cnc1CN1CCc2cc(Cl)c(OCc3ccc(Cl)cc3F)nc2C1. The highest BCUT2D eigenvalue weighted by molar-refractivity contribution is 6.32. The van der Waals surface area contributed by atoms with Crippen molar-refractivity contribution in [2.24, 2.45) is 0 Å². The minimum atomic E-state index is -4.71. The molecule has 0 amide bonds. The fraction of sp³-hybridized carbons (Fsp3) is 0.280. The van der Waals surface area contributed by atoms with Crippen LogP contribution in [0.25, 0.3) is 11.4 Å². The summed E-state index contributed by atoms with van der Waals surface area (Å²) in [6.45, 7) is 3.47. The standard InChI is InChI=1S/C25H19Cl2F4N5O2/c1-13-6-16(22-34-24(38-35-22)25(29,30)31)9-32-20(13)10-36-5-4-14-7-18(27)23(33-21(14)11-36)37-12-15-2-3-17(26)8-19(15)28/h2-3,6-9H,4-5,10-12H2,1H3. The number of nitrogens with zero attached hydrogens (tertiary/aromatic N) is 5. The van der Waals surface area contributed by atoms with Crippen molar-refractivity contribution in [2.75, 3.05) is 6.54 Å². The number of pyridine rings is 2. The van der Waals surface area contributed by atoms with Gasteiger partial charge in [-0.2, -0.15) is 18.2 Å². The number of aromatic nitrogens is 4. The number of alkyl halides is 3. The lowest BCUT2D eigenvalue weighted by molar-refractivity contribution is -0.159. The third-order valence-corrected chi connectivity index (χ3v) is 6.56. The Kier molecular flexibility index (Phi) is 7.26. The molecule has 0 fully saturated rings. The lowest BCUT2D eigenvalue weighted by Gasteiger charge is -2.28. The average Bonchev–Trinajstić information content (AvgIpc) is 3.36. The maximum absolute atomic E-state index is 14.1. The molecular formula is C25H19Cl2F4N5O2. The zero-order valence-corrected chi connectivity index (χ0v) is 21.3. The van der Waals surface area contributed by atoms with Gasteiger partial charge in [-0.1, -0.05) is 34.4 Å². The molecule has 38 heavy (non-hydrogen) atoms. The number of aryl methyl sites for hydroxylation is 1. The summed E-state index contributed by atoms with van der Waals surface area (Å²) >= 11 is 12.2. The van der Waals surface area contributed by atoms with E-state index in [9.17, 15) is 17.6 Å². The monoisotopic (exact) mass is 567 g/mol. The van der Waals surface area contributed by atoms with Crippen LogP contribution in [0.3, 0.4) is 0 Å². The highest BCUT2D eigenvalue weighted by Gasteiger charge is 2.38. The molecule has 4 heterocycles. The maximum atomic E-state index is 14.1. The number of benzene rings is 1. The summed E-state index contributed by atoms with van der Waals surface area (Å²) in [5, 5.41) is 4.04. The fourth-order valence-electron chi connectivity index (χ4n) is 4.05. The van der Waals surface area contributed by atoms with Gasteiger partial charge in [0.25, 0.3) is 0 Å². The lowest BCUT2D eigenvalue weighted by Crippen LogP contribution is -2.31. The molecule has 198 valence electrons. The van der Waals surface area contributed by atoms with Crippen LogP contribution in [0.2, 0.25) is 10.0 Å². The average molecular weight is 568 g/mol. The second kappa shape index (κ2) is 10.5. The van der Waals surface area contributed by atoms with E-state index in [0.717, 1.165) is 29.1 Å². The van der Waals surface area contributed by atoms with Crippen LogP contribution in [0.4, 0.5) is 17.6 Å². The summed E-state index contributed by atoms with van der Waals surface area (Å²) < 4.78 is 62.4. The van der Waals surface area contributed by atoms with Crippen LogP contribution in [0.15, 0.2) is 41.1 Å². The third kappa shape index (κ3) is 5.74. The first-order valence-corrected chi connectivity index (χ1v) is 12.2. The van der Waals surface area contributed by atoms with Crippen LogP contribution >= 0.6 is 23.2 Å². The molecule has 1 aliphatic rings. The van der Waals surface area contributed by atoms with Crippen molar-refractivity contribution in [2.45, 2.75) is 39.2 Å². The first-order valence-electron chi connectivity index (χ1n) is 11.4. The van der Waals surface area contributed by atoms with E-state index >= 15 is 0 Å². The van der Waals surface area contributed by atoms with E-state index in [-0.39, 0.29) is 18.3 Å².